The van der Waals surface area contributed by atoms with Crippen molar-refractivity contribution >= 4 is 0 Å². The zero-order valence-electron chi connectivity index (χ0n) is 14.6. The van der Waals surface area contributed by atoms with Crippen LogP contribution in [-0.4, -0.2) is 49.3 Å². The lowest BCUT2D eigenvalue weighted by atomic mass is 9.76. The number of ether oxygens (including phenoxy) is 1. The first-order chi connectivity index (χ1) is 10.2. The summed E-state index contributed by atoms with van der Waals surface area (Å²) in [6, 6.07) is 1.41. The quantitative estimate of drug-likeness (QED) is 0.814. The molecule has 2 aliphatic rings. The Labute approximate surface area is 131 Å². The number of morpholine rings is 1. The molecule has 0 aromatic carbocycles. The molecule has 1 aliphatic heterocycles. The summed E-state index contributed by atoms with van der Waals surface area (Å²) in [4.78, 5) is 2.74. The first kappa shape index (κ1) is 17.2. The van der Waals surface area contributed by atoms with Crippen molar-refractivity contribution in [2.24, 2.45) is 11.8 Å². The second-order valence-electron chi connectivity index (χ2n) is 7.34. The lowest BCUT2D eigenvalue weighted by Gasteiger charge is -2.46. The molecular formula is C18H36N2O. The van der Waals surface area contributed by atoms with Gasteiger partial charge >= 0.3 is 0 Å². The molecule has 21 heavy (non-hydrogen) atoms. The molecule has 0 aromatic heterocycles. The number of hydrogen-bond donors (Lipinski definition) is 1. The summed E-state index contributed by atoms with van der Waals surface area (Å²) in [7, 11) is 0. The fourth-order valence-corrected chi connectivity index (χ4v) is 4.05. The van der Waals surface area contributed by atoms with Crippen LogP contribution in [0, 0.1) is 11.8 Å². The Kier molecular flexibility index (Phi) is 6.97. The number of nitrogens with zero attached hydrogens (tertiary/aromatic N) is 1. The Morgan fingerprint density at radius 2 is 2.05 bits per heavy atom. The zero-order valence-corrected chi connectivity index (χ0v) is 14.6. The molecule has 4 atom stereocenters. The molecule has 1 saturated carbocycles. The maximum absolute atomic E-state index is 5.88. The van der Waals surface area contributed by atoms with E-state index in [2.05, 4.69) is 37.9 Å². The van der Waals surface area contributed by atoms with Gasteiger partial charge in [-0.15, -0.1) is 0 Å². The molecule has 0 bridgehead atoms. The zero-order chi connectivity index (χ0) is 15.2. The summed E-state index contributed by atoms with van der Waals surface area (Å²) in [5.74, 6) is 1.72. The van der Waals surface area contributed by atoms with Crippen molar-refractivity contribution in [1.29, 1.82) is 0 Å². The largest absolute Gasteiger partial charge is 0.376 e. The Morgan fingerprint density at radius 1 is 1.24 bits per heavy atom. The normalized spacial score (nSPS) is 35.3. The Hall–Kier alpha value is -0.120. The van der Waals surface area contributed by atoms with Gasteiger partial charge in [-0.05, 0) is 50.5 Å². The molecule has 1 saturated heterocycles. The van der Waals surface area contributed by atoms with Crippen LogP contribution in [0.15, 0.2) is 0 Å². The van der Waals surface area contributed by atoms with Gasteiger partial charge < -0.3 is 10.1 Å². The second kappa shape index (κ2) is 8.50. The molecule has 1 heterocycles. The minimum absolute atomic E-state index is 0.449. The van der Waals surface area contributed by atoms with Gasteiger partial charge in [0.15, 0.2) is 0 Å². The van der Waals surface area contributed by atoms with Crippen molar-refractivity contribution in [3.63, 3.8) is 0 Å². The lowest BCUT2D eigenvalue weighted by Crippen LogP contribution is -2.58. The van der Waals surface area contributed by atoms with Crippen LogP contribution in [0.3, 0.4) is 0 Å². The summed E-state index contributed by atoms with van der Waals surface area (Å²) in [5.41, 5.74) is 0. The molecule has 4 unspecified atom stereocenters. The SMILES string of the molecule is CCCNC1CCC(C(C)C)CC1N1CCOC(CC)C1. The van der Waals surface area contributed by atoms with Crippen LogP contribution in [0.25, 0.3) is 0 Å². The summed E-state index contributed by atoms with van der Waals surface area (Å²) < 4.78 is 5.88. The third-order valence-corrected chi connectivity index (χ3v) is 5.55. The molecule has 3 nitrogen and oxygen atoms in total. The van der Waals surface area contributed by atoms with Gasteiger partial charge in [-0.25, -0.2) is 0 Å². The first-order valence-electron chi connectivity index (χ1n) is 9.24. The number of rotatable bonds is 6. The lowest BCUT2D eigenvalue weighted by molar-refractivity contribution is -0.0595. The van der Waals surface area contributed by atoms with E-state index in [4.69, 9.17) is 4.74 Å². The van der Waals surface area contributed by atoms with E-state index in [0.29, 0.717) is 12.1 Å². The minimum Gasteiger partial charge on any atom is -0.376 e. The van der Waals surface area contributed by atoms with Crippen LogP contribution in [0.4, 0.5) is 0 Å². The Balaban J connectivity index is 2.01. The van der Waals surface area contributed by atoms with E-state index in [1.54, 1.807) is 0 Å². The van der Waals surface area contributed by atoms with Gasteiger partial charge in [0.2, 0.25) is 0 Å². The number of nitrogens with one attached hydrogen (secondary N) is 1. The van der Waals surface area contributed by atoms with Crippen molar-refractivity contribution in [1.82, 2.24) is 10.2 Å². The Bertz CT molecular complexity index is 295. The van der Waals surface area contributed by atoms with Crippen LogP contribution < -0.4 is 5.32 Å². The van der Waals surface area contributed by atoms with Crippen LogP contribution in [-0.2, 0) is 4.74 Å². The molecular weight excluding hydrogens is 260 g/mol. The average molecular weight is 296 g/mol. The molecule has 3 heteroatoms. The fourth-order valence-electron chi connectivity index (χ4n) is 4.05. The summed E-state index contributed by atoms with van der Waals surface area (Å²) in [6.07, 6.45) is 6.94. The van der Waals surface area contributed by atoms with Crippen molar-refractivity contribution in [2.75, 3.05) is 26.2 Å². The van der Waals surface area contributed by atoms with Crippen LogP contribution >= 0.6 is 0 Å². The highest BCUT2D eigenvalue weighted by Gasteiger charge is 2.36. The molecule has 1 aliphatic carbocycles. The molecule has 2 rings (SSSR count). The van der Waals surface area contributed by atoms with Crippen molar-refractivity contribution in [2.45, 2.75) is 78.0 Å². The summed E-state index contributed by atoms with van der Waals surface area (Å²) in [6.45, 7) is 13.7. The molecule has 0 spiro atoms. The second-order valence-corrected chi connectivity index (χ2v) is 7.34. The van der Waals surface area contributed by atoms with Crippen molar-refractivity contribution in [3.05, 3.63) is 0 Å². The van der Waals surface area contributed by atoms with Gasteiger partial charge in [-0.2, -0.15) is 0 Å². The van der Waals surface area contributed by atoms with Crippen LogP contribution in [0.2, 0.25) is 0 Å². The van der Waals surface area contributed by atoms with E-state index >= 15 is 0 Å². The summed E-state index contributed by atoms with van der Waals surface area (Å²) >= 11 is 0. The van der Waals surface area contributed by atoms with E-state index < -0.39 is 0 Å². The van der Waals surface area contributed by atoms with Crippen LogP contribution in [0.1, 0.15) is 59.8 Å². The third-order valence-electron chi connectivity index (χ3n) is 5.55. The highest BCUT2D eigenvalue weighted by atomic mass is 16.5. The molecule has 2 fully saturated rings. The average Bonchev–Trinajstić information content (AvgIpc) is 2.52. The minimum atomic E-state index is 0.449. The maximum atomic E-state index is 5.88. The molecule has 0 amide bonds. The van der Waals surface area contributed by atoms with E-state index in [0.717, 1.165) is 50.5 Å². The smallest absolute Gasteiger partial charge is 0.0700 e. The predicted octanol–water partition coefficient (Wildman–Crippen LogP) is 3.29. The highest BCUT2D eigenvalue weighted by molar-refractivity contribution is 4.93. The fraction of sp³-hybridized carbons (Fsp3) is 1.00. The van der Waals surface area contributed by atoms with E-state index in [9.17, 15) is 0 Å². The van der Waals surface area contributed by atoms with Crippen molar-refractivity contribution in [3.8, 4) is 0 Å². The molecule has 0 radical (unpaired) electrons. The van der Waals surface area contributed by atoms with E-state index in [1.807, 2.05) is 0 Å². The van der Waals surface area contributed by atoms with Gasteiger partial charge in [0, 0.05) is 25.2 Å². The topological polar surface area (TPSA) is 24.5 Å². The van der Waals surface area contributed by atoms with Crippen LogP contribution in [0.5, 0.6) is 0 Å². The predicted molar refractivity (Wildman–Crippen MR) is 89.7 cm³/mol. The van der Waals surface area contributed by atoms with Gasteiger partial charge in [0.1, 0.15) is 0 Å². The summed E-state index contributed by atoms with van der Waals surface area (Å²) in [5, 5.41) is 3.83. The van der Waals surface area contributed by atoms with Crippen molar-refractivity contribution < 1.29 is 4.74 Å². The van der Waals surface area contributed by atoms with Gasteiger partial charge in [0.25, 0.3) is 0 Å². The Morgan fingerprint density at radius 3 is 2.71 bits per heavy atom. The van der Waals surface area contributed by atoms with Gasteiger partial charge in [0.05, 0.1) is 12.7 Å². The number of hydrogen-bond acceptors (Lipinski definition) is 3. The monoisotopic (exact) mass is 296 g/mol. The van der Waals surface area contributed by atoms with E-state index in [-0.39, 0.29) is 0 Å². The standard InChI is InChI=1S/C18H36N2O/c1-5-9-19-17-8-7-15(14(3)4)12-18(17)20-10-11-21-16(6-2)13-20/h14-19H,5-13H2,1-4H3. The molecule has 0 aromatic rings. The third kappa shape index (κ3) is 4.67. The van der Waals surface area contributed by atoms with Gasteiger partial charge in [-0.3, -0.25) is 4.90 Å². The highest BCUT2D eigenvalue weighted by Crippen LogP contribution is 2.33. The molecule has 1 N–H and O–H groups in total. The van der Waals surface area contributed by atoms with Gasteiger partial charge in [-0.1, -0.05) is 27.7 Å². The first-order valence-corrected chi connectivity index (χ1v) is 9.24. The van der Waals surface area contributed by atoms with E-state index in [1.165, 1.54) is 25.7 Å². The molecule has 124 valence electrons. The maximum Gasteiger partial charge on any atom is 0.0700 e.